The van der Waals surface area contributed by atoms with E-state index in [1.54, 1.807) is 6.20 Å². The lowest BCUT2D eigenvalue weighted by Gasteiger charge is -2.20. The van der Waals surface area contributed by atoms with Crippen LogP contribution < -0.4 is 16.4 Å². The van der Waals surface area contributed by atoms with Crippen molar-refractivity contribution in [1.29, 1.82) is 0 Å². The third-order valence-corrected chi connectivity index (χ3v) is 6.74. The molecule has 0 saturated heterocycles. The molecule has 0 saturated carbocycles. The number of pyridine rings is 1. The molecule has 0 amide bonds. The van der Waals surface area contributed by atoms with E-state index in [0.717, 1.165) is 39.1 Å². The summed E-state index contributed by atoms with van der Waals surface area (Å²) in [4.78, 5) is 17.9. The summed E-state index contributed by atoms with van der Waals surface area (Å²) < 4.78 is 0. The third kappa shape index (κ3) is 4.79. The summed E-state index contributed by atoms with van der Waals surface area (Å²) in [6.45, 7) is 0. The highest BCUT2D eigenvalue weighted by Crippen LogP contribution is 2.37. The van der Waals surface area contributed by atoms with Crippen LogP contribution in [0.1, 0.15) is 23.6 Å². The zero-order valence-electron chi connectivity index (χ0n) is 19.5. The van der Waals surface area contributed by atoms with Crippen LogP contribution in [-0.2, 0) is 0 Å². The van der Waals surface area contributed by atoms with Crippen molar-refractivity contribution in [2.75, 3.05) is 16.4 Å². The average molecular weight is 526 g/mol. The molecular formula is C28H21Cl2N7. The summed E-state index contributed by atoms with van der Waals surface area (Å²) in [5.74, 6) is 0.918. The van der Waals surface area contributed by atoms with E-state index in [4.69, 9.17) is 33.9 Å². The minimum absolute atomic E-state index is 0.111. The molecule has 1 aliphatic rings. The number of nitrogens with two attached hydrogens (primary N) is 1. The number of aliphatic imine (C=N–C) groups is 1. The number of fused-ring (bicyclic) bond motifs is 2. The van der Waals surface area contributed by atoms with E-state index >= 15 is 0 Å². The Bertz CT molecular complexity index is 1650. The molecular weight excluding hydrogens is 505 g/mol. The second-order valence-electron chi connectivity index (χ2n) is 8.69. The van der Waals surface area contributed by atoms with Crippen LogP contribution >= 0.6 is 23.2 Å². The number of benzene rings is 3. The Morgan fingerprint density at radius 3 is 2.59 bits per heavy atom. The highest BCUT2D eigenvalue weighted by Gasteiger charge is 2.24. The van der Waals surface area contributed by atoms with Gasteiger partial charge in [-0.2, -0.15) is 0 Å². The molecule has 4 N–H and O–H groups in total. The normalized spacial score (nSPS) is 14.9. The van der Waals surface area contributed by atoms with Gasteiger partial charge in [0, 0.05) is 39.4 Å². The van der Waals surface area contributed by atoms with Crippen LogP contribution in [0.4, 0.5) is 28.7 Å². The second kappa shape index (κ2) is 9.69. The van der Waals surface area contributed by atoms with Crippen LogP contribution in [-0.4, -0.2) is 20.7 Å². The highest BCUT2D eigenvalue weighted by molar-refractivity contribution is 6.31. The summed E-state index contributed by atoms with van der Waals surface area (Å²) in [5, 5.41) is 9.38. The molecule has 1 atom stereocenters. The van der Waals surface area contributed by atoms with Gasteiger partial charge in [0.25, 0.3) is 0 Å². The fourth-order valence-electron chi connectivity index (χ4n) is 4.44. The number of nitrogen functional groups attached to an aromatic ring is 1. The lowest BCUT2D eigenvalue weighted by atomic mass is 9.97. The Morgan fingerprint density at radius 2 is 1.73 bits per heavy atom. The summed E-state index contributed by atoms with van der Waals surface area (Å²) in [6, 6.07) is 23.4. The molecule has 0 bridgehead atoms. The van der Waals surface area contributed by atoms with Crippen molar-refractivity contribution in [3.63, 3.8) is 0 Å². The predicted molar refractivity (Wildman–Crippen MR) is 152 cm³/mol. The van der Waals surface area contributed by atoms with Gasteiger partial charge in [-0.15, -0.1) is 0 Å². The summed E-state index contributed by atoms with van der Waals surface area (Å²) in [6.07, 6.45) is 3.82. The standard InChI is InChI=1S/C28H21Cl2N7/c29-18-6-4-16(5-7-18)23-14-24(37-28-26(36-23)27(31)33-15-34-28)17-2-1-3-20(12-17)35-22-10-11-32-25-13-19(30)8-9-21(22)25/h1-13,15,24H,14H2,(H,32,35)(H3,31,33,34,37). The SMILES string of the molecule is Nc1ncnc2c1N=C(c1ccc(Cl)cc1)CC(c1cccc(Nc3ccnc4cc(Cl)ccc34)c1)N2. The largest absolute Gasteiger partial charge is 0.382 e. The van der Waals surface area contributed by atoms with Crippen molar-refractivity contribution in [2.45, 2.75) is 12.5 Å². The lowest BCUT2D eigenvalue weighted by molar-refractivity contribution is 0.822. The number of hydrogen-bond donors (Lipinski definition) is 3. The number of halogens is 2. The lowest BCUT2D eigenvalue weighted by Crippen LogP contribution is -2.15. The van der Waals surface area contributed by atoms with Crippen molar-refractivity contribution in [1.82, 2.24) is 15.0 Å². The van der Waals surface area contributed by atoms with Crippen LogP contribution in [0.5, 0.6) is 0 Å². The van der Waals surface area contributed by atoms with Gasteiger partial charge >= 0.3 is 0 Å². The van der Waals surface area contributed by atoms with Gasteiger partial charge in [0.05, 0.1) is 17.3 Å². The Balaban J connectivity index is 1.37. The van der Waals surface area contributed by atoms with Gasteiger partial charge in [0.1, 0.15) is 12.0 Å². The van der Waals surface area contributed by atoms with E-state index in [1.807, 2.05) is 60.7 Å². The summed E-state index contributed by atoms with van der Waals surface area (Å²) in [7, 11) is 0. The molecule has 6 rings (SSSR count). The zero-order valence-corrected chi connectivity index (χ0v) is 21.0. The molecule has 3 heterocycles. The molecule has 1 unspecified atom stereocenters. The van der Waals surface area contributed by atoms with E-state index in [-0.39, 0.29) is 6.04 Å². The van der Waals surface area contributed by atoms with Gasteiger partial charge in [0.2, 0.25) is 0 Å². The van der Waals surface area contributed by atoms with E-state index in [1.165, 1.54) is 6.33 Å². The van der Waals surface area contributed by atoms with E-state index in [2.05, 4.69) is 37.7 Å². The molecule has 2 aromatic heterocycles. The van der Waals surface area contributed by atoms with Crippen molar-refractivity contribution >= 4 is 68.5 Å². The molecule has 5 aromatic rings. The molecule has 182 valence electrons. The minimum Gasteiger partial charge on any atom is -0.382 e. The van der Waals surface area contributed by atoms with E-state index in [9.17, 15) is 0 Å². The maximum atomic E-state index is 6.18. The number of nitrogens with zero attached hydrogens (tertiary/aromatic N) is 4. The molecule has 9 heteroatoms. The molecule has 0 radical (unpaired) electrons. The Labute approximate surface area is 223 Å². The van der Waals surface area contributed by atoms with Gasteiger partial charge in [0.15, 0.2) is 11.6 Å². The number of hydrogen-bond acceptors (Lipinski definition) is 7. The first-order chi connectivity index (χ1) is 18.0. The summed E-state index contributed by atoms with van der Waals surface area (Å²) >= 11 is 12.3. The summed E-state index contributed by atoms with van der Waals surface area (Å²) in [5.41, 5.74) is 12.3. The maximum absolute atomic E-state index is 6.18. The molecule has 1 aliphatic heterocycles. The van der Waals surface area contributed by atoms with Crippen LogP contribution in [0.15, 0.2) is 90.3 Å². The molecule has 7 nitrogen and oxygen atoms in total. The predicted octanol–water partition coefficient (Wildman–Crippen LogP) is 7.34. The first-order valence-corrected chi connectivity index (χ1v) is 12.4. The number of nitrogens with one attached hydrogen (secondary N) is 2. The van der Waals surface area contributed by atoms with Gasteiger partial charge in [-0.25, -0.2) is 15.0 Å². The van der Waals surface area contributed by atoms with Gasteiger partial charge in [-0.3, -0.25) is 4.98 Å². The third-order valence-electron chi connectivity index (χ3n) is 6.26. The fourth-order valence-corrected chi connectivity index (χ4v) is 4.74. The maximum Gasteiger partial charge on any atom is 0.158 e. The molecule has 0 fully saturated rings. The topological polar surface area (TPSA) is 101 Å². The Kier molecular flexibility index (Phi) is 6.08. The van der Waals surface area contributed by atoms with Gasteiger partial charge < -0.3 is 16.4 Å². The first kappa shape index (κ1) is 23.2. The fraction of sp³-hybridized carbons (Fsp3) is 0.0714. The Hall–Kier alpha value is -4.20. The van der Waals surface area contributed by atoms with Crippen LogP contribution in [0.25, 0.3) is 10.9 Å². The monoisotopic (exact) mass is 525 g/mol. The second-order valence-corrected chi connectivity index (χ2v) is 9.57. The molecule has 3 aromatic carbocycles. The van der Waals surface area contributed by atoms with Crippen LogP contribution in [0.3, 0.4) is 0 Å². The van der Waals surface area contributed by atoms with Crippen molar-refractivity contribution in [3.8, 4) is 0 Å². The van der Waals surface area contributed by atoms with Crippen LogP contribution in [0.2, 0.25) is 10.0 Å². The molecule has 0 aliphatic carbocycles. The van der Waals surface area contributed by atoms with Crippen molar-refractivity contribution in [3.05, 3.63) is 106 Å². The van der Waals surface area contributed by atoms with Crippen molar-refractivity contribution in [2.24, 2.45) is 4.99 Å². The van der Waals surface area contributed by atoms with Crippen LogP contribution in [0, 0.1) is 0 Å². The minimum atomic E-state index is -0.111. The van der Waals surface area contributed by atoms with E-state index in [0.29, 0.717) is 33.8 Å². The number of rotatable bonds is 4. The smallest absolute Gasteiger partial charge is 0.158 e. The molecule has 0 spiro atoms. The first-order valence-electron chi connectivity index (χ1n) is 11.7. The number of aromatic nitrogens is 3. The highest BCUT2D eigenvalue weighted by atomic mass is 35.5. The average Bonchev–Trinajstić information content (AvgIpc) is 3.10. The number of anilines is 4. The molecule has 37 heavy (non-hydrogen) atoms. The van der Waals surface area contributed by atoms with Gasteiger partial charge in [-0.05, 0) is 59.7 Å². The van der Waals surface area contributed by atoms with E-state index < -0.39 is 0 Å². The zero-order chi connectivity index (χ0) is 25.4. The van der Waals surface area contributed by atoms with Crippen molar-refractivity contribution < 1.29 is 0 Å². The quantitative estimate of drug-likeness (QED) is 0.227. The van der Waals surface area contributed by atoms with Gasteiger partial charge in [-0.1, -0.05) is 47.5 Å². The Morgan fingerprint density at radius 1 is 0.892 bits per heavy atom.